The summed E-state index contributed by atoms with van der Waals surface area (Å²) in [6.45, 7) is 6.39. The first-order valence-electron chi connectivity index (χ1n) is 8.59. The van der Waals surface area contributed by atoms with Crippen molar-refractivity contribution in [3.63, 3.8) is 0 Å². The lowest BCUT2D eigenvalue weighted by atomic mass is 9.86. The highest BCUT2D eigenvalue weighted by Gasteiger charge is 2.39. The van der Waals surface area contributed by atoms with E-state index in [1.165, 1.54) is 0 Å². The van der Waals surface area contributed by atoms with Crippen LogP contribution in [0.2, 0.25) is 0 Å². The molecular weight excluding hydrogens is 353 g/mol. The van der Waals surface area contributed by atoms with Crippen molar-refractivity contribution in [3.05, 3.63) is 29.3 Å². The molecule has 3 nitrogen and oxygen atoms in total. The Bertz CT molecular complexity index is 572. The molecule has 0 heterocycles. The lowest BCUT2D eigenvalue weighted by Crippen LogP contribution is -2.40. The molecule has 142 valence electrons. The summed E-state index contributed by atoms with van der Waals surface area (Å²) in [5, 5.41) is 2.03. The molecule has 0 aromatic heterocycles. The Balaban J connectivity index is 0.00000312. The van der Waals surface area contributed by atoms with Gasteiger partial charge in [-0.1, -0.05) is 26.0 Å². The molecule has 1 amide bonds. The van der Waals surface area contributed by atoms with Gasteiger partial charge in [-0.15, -0.1) is 12.4 Å². The Morgan fingerprint density at radius 3 is 2.44 bits per heavy atom. The second kappa shape index (κ2) is 9.43. The second-order valence-electron chi connectivity index (χ2n) is 6.33. The molecule has 2 rings (SSSR count). The van der Waals surface area contributed by atoms with Gasteiger partial charge in [0.2, 0.25) is 0 Å². The van der Waals surface area contributed by atoms with Gasteiger partial charge in [-0.3, -0.25) is 4.79 Å². The molecular formula is C18H26ClF3N2O. The monoisotopic (exact) mass is 378 g/mol. The van der Waals surface area contributed by atoms with E-state index in [4.69, 9.17) is 0 Å². The van der Waals surface area contributed by atoms with Crippen LogP contribution in [0.1, 0.15) is 44.2 Å². The van der Waals surface area contributed by atoms with Crippen LogP contribution in [0.5, 0.6) is 0 Å². The average Bonchev–Trinajstić information content (AvgIpc) is 2.53. The zero-order chi connectivity index (χ0) is 17.7. The third-order valence-electron chi connectivity index (χ3n) is 4.50. The van der Waals surface area contributed by atoms with Crippen LogP contribution in [0.3, 0.4) is 0 Å². The lowest BCUT2D eigenvalue weighted by Gasteiger charge is -2.35. The van der Waals surface area contributed by atoms with Crippen LogP contribution in [0.25, 0.3) is 0 Å². The van der Waals surface area contributed by atoms with E-state index in [9.17, 15) is 18.0 Å². The predicted molar refractivity (Wildman–Crippen MR) is 96.3 cm³/mol. The molecule has 1 aromatic carbocycles. The number of nitrogens with zero attached hydrogens (tertiary/aromatic N) is 1. The maximum atomic E-state index is 12.5. The van der Waals surface area contributed by atoms with Gasteiger partial charge in [0, 0.05) is 11.7 Å². The molecule has 1 N–H and O–H groups in total. The van der Waals surface area contributed by atoms with Crippen LogP contribution >= 0.6 is 12.4 Å². The molecule has 1 atom stereocenters. The van der Waals surface area contributed by atoms with Gasteiger partial charge < -0.3 is 10.2 Å². The summed E-state index contributed by atoms with van der Waals surface area (Å²) in [5.41, 5.74) is 2.19. The van der Waals surface area contributed by atoms with Crippen molar-refractivity contribution in [1.82, 2.24) is 4.90 Å². The molecule has 0 bridgehead atoms. The standard InChI is InChI=1S/C18H25F3N2O.ClH/c1-3-10-23(11-4-2)14-8-9-15-13(12-14)6-5-7-16(15)22-17(24)18(19,20)21;/h5-7,14H,3-4,8-12H2,1-2H3,(H,22,24);1H. The van der Waals surface area contributed by atoms with Gasteiger partial charge in [0.25, 0.3) is 0 Å². The molecule has 25 heavy (non-hydrogen) atoms. The van der Waals surface area contributed by atoms with Gasteiger partial charge >= 0.3 is 12.1 Å². The Morgan fingerprint density at radius 1 is 1.24 bits per heavy atom. The number of nitrogens with one attached hydrogen (secondary N) is 1. The van der Waals surface area contributed by atoms with Gasteiger partial charge in [-0.05, 0) is 62.4 Å². The second-order valence-corrected chi connectivity index (χ2v) is 6.33. The number of carbonyl (C=O) groups is 1. The highest BCUT2D eigenvalue weighted by Crippen LogP contribution is 2.31. The Labute approximate surface area is 153 Å². The number of amides is 1. The minimum atomic E-state index is -4.86. The smallest absolute Gasteiger partial charge is 0.318 e. The summed E-state index contributed by atoms with van der Waals surface area (Å²) in [5.74, 6) is -1.91. The summed E-state index contributed by atoms with van der Waals surface area (Å²) in [6.07, 6.45) is -0.260. The summed E-state index contributed by atoms with van der Waals surface area (Å²) >= 11 is 0. The molecule has 0 saturated carbocycles. The third-order valence-corrected chi connectivity index (χ3v) is 4.50. The Kier molecular flexibility index (Phi) is 8.22. The quantitative estimate of drug-likeness (QED) is 0.785. The van der Waals surface area contributed by atoms with Crippen LogP contribution in [0.15, 0.2) is 18.2 Å². The van der Waals surface area contributed by atoms with Gasteiger partial charge in [-0.25, -0.2) is 0 Å². The number of hydrogen-bond acceptors (Lipinski definition) is 2. The first kappa shape index (κ1) is 21.8. The molecule has 0 saturated heterocycles. The minimum Gasteiger partial charge on any atom is -0.318 e. The number of halogens is 4. The van der Waals surface area contributed by atoms with Crippen molar-refractivity contribution in [2.75, 3.05) is 18.4 Å². The fraction of sp³-hybridized carbons (Fsp3) is 0.611. The van der Waals surface area contributed by atoms with Crippen molar-refractivity contribution in [2.45, 2.75) is 58.2 Å². The number of anilines is 1. The largest absolute Gasteiger partial charge is 0.471 e. The topological polar surface area (TPSA) is 32.3 Å². The fourth-order valence-corrected chi connectivity index (χ4v) is 3.46. The summed E-state index contributed by atoms with van der Waals surface area (Å²) in [4.78, 5) is 13.7. The van der Waals surface area contributed by atoms with Crippen molar-refractivity contribution in [2.24, 2.45) is 0 Å². The Hall–Kier alpha value is -1.27. The first-order chi connectivity index (χ1) is 11.4. The zero-order valence-corrected chi connectivity index (χ0v) is 15.5. The maximum absolute atomic E-state index is 12.5. The lowest BCUT2D eigenvalue weighted by molar-refractivity contribution is -0.167. The van der Waals surface area contributed by atoms with E-state index in [1.54, 1.807) is 12.1 Å². The van der Waals surface area contributed by atoms with Gasteiger partial charge in [0.15, 0.2) is 0 Å². The van der Waals surface area contributed by atoms with Crippen molar-refractivity contribution >= 4 is 24.0 Å². The van der Waals surface area contributed by atoms with Crippen LogP contribution in [0.4, 0.5) is 18.9 Å². The van der Waals surface area contributed by atoms with Gasteiger partial charge in [-0.2, -0.15) is 13.2 Å². The molecule has 0 spiro atoms. The van der Waals surface area contributed by atoms with Crippen LogP contribution < -0.4 is 5.32 Å². The summed E-state index contributed by atoms with van der Waals surface area (Å²) in [7, 11) is 0. The van der Waals surface area contributed by atoms with Crippen LogP contribution in [-0.4, -0.2) is 36.1 Å². The normalized spacial score (nSPS) is 17.0. The van der Waals surface area contributed by atoms with E-state index in [2.05, 4.69) is 18.7 Å². The minimum absolute atomic E-state index is 0. The molecule has 0 radical (unpaired) electrons. The molecule has 0 fully saturated rings. The number of carbonyl (C=O) groups excluding carboxylic acids is 1. The third kappa shape index (κ3) is 5.61. The van der Waals surface area contributed by atoms with E-state index in [1.807, 2.05) is 11.4 Å². The van der Waals surface area contributed by atoms with Gasteiger partial charge in [0.1, 0.15) is 0 Å². The van der Waals surface area contributed by atoms with Crippen LogP contribution in [0, 0.1) is 0 Å². The molecule has 1 aromatic rings. The van der Waals surface area contributed by atoms with Crippen molar-refractivity contribution < 1.29 is 18.0 Å². The molecule has 7 heteroatoms. The van der Waals surface area contributed by atoms with Crippen LogP contribution in [-0.2, 0) is 17.6 Å². The van der Waals surface area contributed by atoms with E-state index in [0.29, 0.717) is 18.2 Å². The van der Waals surface area contributed by atoms with E-state index in [0.717, 1.165) is 49.9 Å². The Morgan fingerprint density at radius 2 is 1.88 bits per heavy atom. The highest BCUT2D eigenvalue weighted by atomic mass is 35.5. The number of alkyl halides is 3. The number of rotatable bonds is 6. The first-order valence-corrected chi connectivity index (χ1v) is 8.59. The summed E-state index contributed by atoms with van der Waals surface area (Å²) < 4.78 is 37.5. The number of benzene rings is 1. The van der Waals surface area contributed by atoms with Crippen molar-refractivity contribution in [1.29, 1.82) is 0 Å². The van der Waals surface area contributed by atoms with E-state index in [-0.39, 0.29) is 12.4 Å². The van der Waals surface area contributed by atoms with E-state index < -0.39 is 12.1 Å². The number of fused-ring (bicyclic) bond motifs is 1. The van der Waals surface area contributed by atoms with Crippen molar-refractivity contribution in [3.8, 4) is 0 Å². The maximum Gasteiger partial charge on any atom is 0.471 e. The fourth-order valence-electron chi connectivity index (χ4n) is 3.46. The molecule has 1 aliphatic carbocycles. The zero-order valence-electron chi connectivity index (χ0n) is 14.7. The SMILES string of the molecule is CCCN(CCC)C1CCc2c(cccc2NC(=O)C(F)(F)F)C1.Cl. The highest BCUT2D eigenvalue weighted by molar-refractivity contribution is 5.95. The molecule has 0 aliphatic heterocycles. The summed E-state index contributed by atoms with van der Waals surface area (Å²) in [6, 6.07) is 5.65. The molecule has 1 unspecified atom stereocenters. The molecule has 1 aliphatic rings. The average molecular weight is 379 g/mol. The van der Waals surface area contributed by atoms with E-state index >= 15 is 0 Å². The van der Waals surface area contributed by atoms with Gasteiger partial charge in [0.05, 0.1) is 0 Å². The predicted octanol–water partition coefficient (Wildman–Crippen LogP) is 4.59. The number of hydrogen-bond donors (Lipinski definition) is 1.